The Bertz CT molecular complexity index is 591. The molecule has 1 aromatic carbocycles. The van der Waals surface area contributed by atoms with E-state index in [9.17, 15) is 0 Å². The second kappa shape index (κ2) is 5.94. The molecule has 0 bridgehead atoms. The van der Waals surface area contributed by atoms with E-state index in [0.717, 1.165) is 11.6 Å². The summed E-state index contributed by atoms with van der Waals surface area (Å²) in [5, 5.41) is 4.47. The van der Waals surface area contributed by atoms with Crippen LogP contribution in [0.5, 0.6) is 0 Å². The van der Waals surface area contributed by atoms with E-state index in [1.807, 2.05) is 24.5 Å². The Labute approximate surface area is 125 Å². The Morgan fingerprint density at radius 3 is 2.90 bits per heavy atom. The summed E-state index contributed by atoms with van der Waals surface area (Å²) < 4.78 is 0. The van der Waals surface area contributed by atoms with Gasteiger partial charge < -0.3 is 5.32 Å². The summed E-state index contributed by atoms with van der Waals surface area (Å²) >= 11 is 6.04. The van der Waals surface area contributed by atoms with Crippen molar-refractivity contribution in [3.8, 4) is 0 Å². The molecule has 0 amide bonds. The average Bonchev–Trinajstić information content (AvgIpc) is 2.39. The Morgan fingerprint density at radius 2 is 2.15 bits per heavy atom. The molecule has 1 fully saturated rings. The lowest BCUT2D eigenvalue weighted by Crippen LogP contribution is -2.39. The van der Waals surface area contributed by atoms with Crippen molar-refractivity contribution in [3.05, 3.63) is 64.4 Å². The maximum Gasteiger partial charge on any atom is 0.0408 e. The van der Waals surface area contributed by atoms with Crippen LogP contribution in [-0.4, -0.2) is 11.0 Å². The second-order valence-corrected chi connectivity index (χ2v) is 6.04. The molecule has 0 radical (unpaired) electrons. The third-order valence-corrected chi connectivity index (χ3v) is 4.41. The predicted octanol–water partition coefficient (Wildman–Crippen LogP) is 4.08. The minimum Gasteiger partial charge on any atom is -0.310 e. The van der Waals surface area contributed by atoms with Gasteiger partial charge in [0.05, 0.1) is 0 Å². The summed E-state index contributed by atoms with van der Waals surface area (Å²) in [4.78, 5) is 4.13. The molecule has 3 heteroatoms. The number of nitrogens with one attached hydrogen (secondary N) is 1. The van der Waals surface area contributed by atoms with Crippen LogP contribution in [0.1, 0.15) is 35.4 Å². The zero-order valence-corrected chi connectivity index (χ0v) is 12.4. The molecular formula is C17H19ClN2. The Balaban J connectivity index is 1.50. The van der Waals surface area contributed by atoms with Gasteiger partial charge >= 0.3 is 0 Å². The highest BCUT2D eigenvalue weighted by Crippen LogP contribution is 2.37. The zero-order valence-electron chi connectivity index (χ0n) is 11.6. The van der Waals surface area contributed by atoms with E-state index < -0.39 is 0 Å². The van der Waals surface area contributed by atoms with E-state index >= 15 is 0 Å². The van der Waals surface area contributed by atoms with Gasteiger partial charge in [0, 0.05) is 30.0 Å². The number of aryl methyl sites for hydroxylation is 1. The molecule has 3 rings (SSSR count). The number of aromatic nitrogens is 1. The van der Waals surface area contributed by atoms with Crippen molar-refractivity contribution in [3.63, 3.8) is 0 Å². The zero-order chi connectivity index (χ0) is 13.9. The van der Waals surface area contributed by atoms with Gasteiger partial charge in [-0.25, -0.2) is 0 Å². The van der Waals surface area contributed by atoms with Crippen molar-refractivity contribution >= 4 is 11.6 Å². The molecule has 0 spiro atoms. The van der Waals surface area contributed by atoms with Crippen LogP contribution < -0.4 is 5.32 Å². The van der Waals surface area contributed by atoms with Gasteiger partial charge in [0.2, 0.25) is 0 Å². The van der Waals surface area contributed by atoms with Gasteiger partial charge in [-0.05, 0) is 60.6 Å². The number of hydrogen-bond donors (Lipinski definition) is 1. The topological polar surface area (TPSA) is 24.9 Å². The quantitative estimate of drug-likeness (QED) is 0.916. The van der Waals surface area contributed by atoms with E-state index in [2.05, 4.69) is 35.4 Å². The molecule has 1 aromatic heterocycles. The molecule has 2 aromatic rings. The number of pyridine rings is 1. The maximum atomic E-state index is 6.04. The van der Waals surface area contributed by atoms with E-state index in [-0.39, 0.29) is 0 Å². The first kappa shape index (κ1) is 13.6. The van der Waals surface area contributed by atoms with Crippen molar-refractivity contribution in [1.82, 2.24) is 10.3 Å². The van der Waals surface area contributed by atoms with E-state index in [1.165, 1.54) is 29.5 Å². The lowest BCUT2D eigenvalue weighted by atomic mass is 9.76. The fourth-order valence-corrected chi connectivity index (χ4v) is 2.97. The fourth-order valence-electron chi connectivity index (χ4n) is 2.77. The molecule has 1 saturated carbocycles. The monoisotopic (exact) mass is 286 g/mol. The predicted molar refractivity (Wildman–Crippen MR) is 83.0 cm³/mol. The molecule has 1 heterocycles. The summed E-state index contributed by atoms with van der Waals surface area (Å²) in [5.74, 6) is 0.657. The molecule has 0 saturated heterocycles. The smallest absolute Gasteiger partial charge is 0.0408 e. The molecule has 0 aliphatic heterocycles. The standard InChI is InChI=1S/C17H19ClN2/c1-12-10-19-6-5-14(12)11-20-17-8-15(9-17)13-3-2-4-16(18)7-13/h2-7,10,15,17,20H,8-9,11H2,1H3. The number of nitrogens with zero attached hydrogens (tertiary/aromatic N) is 1. The van der Waals surface area contributed by atoms with Crippen LogP contribution in [0.25, 0.3) is 0 Å². The highest BCUT2D eigenvalue weighted by atomic mass is 35.5. The van der Waals surface area contributed by atoms with Crippen LogP contribution in [-0.2, 0) is 6.54 Å². The Morgan fingerprint density at radius 1 is 1.30 bits per heavy atom. The molecule has 1 aliphatic rings. The minimum atomic E-state index is 0.617. The number of benzene rings is 1. The maximum absolute atomic E-state index is 6.04. The molecule has 1 aliphatic carbocycles. The molecule has 1 N–H and O–H groups in total. The summed E-state index contributed by atoms with van der Waals surface area (Å²) in [6, 6.07) is 11.0. The normalized spacial score (nSPS) is 21.5. The molecule has 20 heavy (non-hydrogen) atoms. The Kier molecular flexibility index (Phi) is 4.04. The number of hydrogen-bond acceptors (Lipinski definition) is 2. The van der Waals surface area contributed by atoms with Crippen LogP contribution in [0.2, 0.25) is 5.02 Å². The van der Waals surface area contributed by atoms with Crippen LogP contribution in [0, 0.1) is 6.92 Å². The van der Waals surface area contributed by atoms with Gasteiger partial charge in [0.15, 0.2) is 0 Å². The lowest BCUT2D eigenvalue weighted by Gasteiger charge is -2.36. The molecule has 104 valence electrons. The van der Waals surface area contributed by atoms with Gasteiger partial charge in [0.1, 0.15) is 0 Å². The molecule has 0 unspecified atom stereocenters. The minimum absolute atomic E-state index is 0.617. The van der Waals surface area contributed by atoms with Gasteiger partial charge in [-0.1, -0.05) is 23.7 Å². The van der Waals surface area contributed by atoms with Gasteiger partial charge in [-0.3, -0.25) is 4.98 Å². The van der Waals surface area contributed by atoms with Gasteiger partial charge in [-0.15, -0.1) is 0 Å². The summed E-state index contributed by atoms with van der Waals surface area (Å²) in [7, 11) is 0. The average molecular weight is 287 g/mol. The van der Waals surface area contributed by atoms with Crippen LogP contribution >= 0.6 is 11.6 Å². The third kappa shape index (κ3) is 3.02. The van der Waals surface area contributed by atoms with Crippen molar-refractivity contribution in [2.75, 3.05) is 0 Å². The van der Waals surface area contributed by atoms with Crippen LogP contribution in [0.15, 0.2) is 42.7 Å². The second-order valence-electron chi connectivity index (χ2n) is 5.60. The number of rotatable bonds is 4. The van der Waals surface area contributed by atoms with Crippen molar-refractivity contribution in [1.29, 1.82) is 0 Å². The van der Waals surface area contributed by atoms with E-state index in [0.29, 0.717) is 12.0 Å². The van der Waals surface area contributed by atoms with Gasteiger partial charge in [-0.2, -0.15) is 0 Å². The lowest BCUT2D eigenvalue weighted by molar-refractivity contribution is 0.289. The first-order valence-electron chi connectivity index (χ1n) is 7.10. The molecule has 0 atom stereocenters. The SMILES string of the molecule is Cc1cnccc1CNC1CC(c2cccc(Cl)c2)C1. The van der Waals surface area contributed by atoms with Crippen LogP contribution in [0.4, 0.5) is 0 Å². The highest BCUT2D eigenvalue weighted by molar-refractivity contribution is 6.30. The third-order valence-electron chi connectivity index (χ3n) is 4.18. The summed E-state index contributed by atoms with van der Waals surface area (Å²) in [6.45, 7) is 3.04. The van der Waals surface area contributed by atoms with E-state index in [4.69, 9.17) is 11.6 Å². The molecular weight excluding hydrogens is 268 g/mol. The largest absolute Gasteiger partial charge is 0.310 e. The summed E-state index contributed by atoms with van der Waals surface area (Å²) in [5.41, 5.74) is 3.97. The van der Waals surface area contributed by atoms with Crippen molar-refractivity contribution in [2.24, 2.45) is 0 Å². The summed E-state index contributed by atoms with van der Waals surface area (Å²) in [6.07, 6.45) is 6.18. The van der Waals surface area contributed by atoms with Crippen molar-refractivity contribution in [2.45, 2.75) is 38.3 Å². The number of halogens is 1. The van der Waals surface area contributed by atoms with Crippen LogP contribution in [0.3, 0.4) is 0 Å². The Hall–Kier alpha value is -1.38. The van der Waals surface area contributed by atoms with Gasteiger partial charge in [0.25, 0.3) is 0 Å². The molecule has 2 nitrogen and oxygen atoms in total. The first-order valence-corrected chi connectivity index (χ1v) is 7.48. The highest BCUT2D eigenvalue weighted by Gasteiger charge is 2.29. The van der Waals surface area contributed by atoms with Crippen molar-refractivity contribution < 1.29 is 0 Å². The fraction of sp³-hybridized carbons (Fsp3) is 0.353. The van der Waals surface area contributed by atoms with E-state index in [1.54, 1.807) is 0 Å². The first-order chi connectivity index (χ1) is 9.72.